The first-order chi connectivity index (χ1) is 6.64. The molecule has 14 heavy (non-hydrogen) atoms. The fraction of sp³-hybridized carbons (Fsp3) is 0.600. The summed E-state index contributed by atoms with van der Waals surface area (Å²) in [5.41, 5.74) is -0.522. The third-order valence-electron chi connectivity index (χ3n) is 3.16. The molecule has 1 saturated carbocycles. The first kappa shape index (κ1) is 9.24. The third-order valence-corrected chi connectivity index (χ3v) is 3.16. The maximum atomic E-state index is 11.1. The fourth-order valence-corrected chi connectivity index (χ4v) is 1.94. The number of nitrogens with zero attached hydrogens (tertiary/aromatic N) is 2. The van der Waals surface area contributed by atoms with Crippen LogP contribution in [-0.4, -0.2) is 20.6 Å². The van der Waals surface area contributed by atoms with Gasteiger partial charge in [0, 0.05) is 18.9 Å². The average Bonchev–Trinajstić information content (AvgIpc) is 2.43. The SMILES string of the molecule is Cc1nccn1CC1(C(=O)O)CCC1. The van der Waals surface area contributed by atoms with Crippen LogP contribution in [0.5, 0.6) is 0 Å². The third kappa shape index (κ3) is 1.31. The van der Waals surface area contributed by atoms with Crippen molar-refractivity contribution in [2.75, 3.05) is 0 Å². The second-order valence-corrected chi connectivity index (χ2v) is 4.04. The van der Waals surface area contributed by atoms with Gasteiger partial charge < -0.3 is 9.67 Å². The molecule has 4 nitrogen and oxygen atoms in total. The van der Waals surface area contributed by atoms with Crippen LogP contribution in [0.15, 0.2) is 12.4 Å². The fourth-order valence-electron chi connectivity index (χ4n) is 1.94. The minimum atomic E-state index is -0.670. The lowest BCUT2D eigenvalue weighted by atomic mass is 9.68. The number of hydrogen-bond acceptors (Lipinski definition) is 2. The summed E-state index contributed by atoms with van der Waals surface area (Å²) in [6.07, 6.45) is 6.17. The Labute approximate surface area is 82.6 Å². The van der Waals surface area contributed by atoms with Crippen LogP contribution < -0.4 is 0 Å². The lowest BCUT2D eigenvalue weighted by Gasteiger charge is -2.38. The van der Waals surface area contributed by atoms with Crippen LogP contribution in [0.1, 0.15) is 25.1 Å². The number of carboxylic acid groups (broad SMARTS) is 1. The Balaban J connectivity index is 2.17. The van der Waals surface area contributed by atoms with E-state index in [1.807, 2.05) is 17.7 Å². The lowest BCUT2D eigenvalue weighted by Crippen LogP contribution is -2.41. The zero-order valence-corrected chi connectivity index (χ0v) is 8.23. The Bertz CT molecular complexity index is 353. The number of aromatic nitrogens is 2. The van der Waals surface area contributed by atoms with E-state index in [1.165, 1.54) is 0 Å². The van der Waals surface area contributed by atoms with Crippen molar-refractivity contribution in [2.24, 2.45) is 5.41 Å². The van der Waals surface area contributed by atoms with E-state index in [-0.39, 0.29) is 0 Å². The minimum Gasteiger partial charge on any atom is -0.481 e. The Kier molecular flexibility index (Phi) is 2.06. The van der Waals surface area contributed by atoms with Gasteiger partial charge in [0.2, 0.25) is 0 Å². The first-order valence-corrected chi connectivity index (χ1v) is 4.85. The average molecular weight is 194 g/mol. The van der Waals surface area contributed by atoms with Gasteiger partial charge >= 0.3 is 5.97 Å². The topological polar surface area (TPSA) is 55.1 Å². The van der Waals surface area contributed by atoms with E-state index in [0.29, 0.717) is 6.54 Å². The molecule has 1 aromatic rings. The van der Waals surface area contributed by atoms with Gasteiger partial charge in [0.15, 0.2) is 0 Å². The Hall–Kier alpha value is -1.32. The van der Waals surface area contributed by atoms with Gasteiger partial charge in [-0.15, -0.1) is 0 Å². The summed E-state index contributed by atoms with van der Waals surface area (Å²) in [5.74, 6) is 0.217. The number of hydrogen-bond donors (Lipinski definition) is 1. The maximum absolute atomic E-state index is 11.1. The molecular weight excluding hydrogens is 180 g/mol. The normalized spacial score (nSPS) is 18.9. The van der Waals surface area contributed by atoms with Crippen molar-refractivity contribution in [1.29, 1.82) is 0 Å². The molecule has 0 saturated heterocycles. The summed E-state index contributed by atoms with van der Waals surface area (Å²) in [6, 6.07) is 0. The molecule has 1 N–H and O–H groups in total. The van der Waals surface area contributed by atoms with Crippen molar-refractivity contribution in [2.45, 2.75) is 32.7 Å². The van der Waals surface area contributed by atoms with Crippen molar-refractivity contribution in [3.8, 4) is 0 Å². The summed E-state index contributed by atoms with van der Waals surface area (Å²) in [5, 5.41) is 9.14. The van der Waals surface area contributed by atoms with Gasteiger partial charge in [-0.05, 0) is 19.8 Å². The molecule has 1 aliphatic rings. The van der Waals surface area contributed by atoms with Crippen LogP contribution in [0.25, 0.3) is 0 Å². The molecule has 76 valence electrons. The molecule has 0 spiro atoms. The van der Waals surface area contributed by atoms with Gasteiger partial charge in [0.1, 0.15) is 5.82 Å². The largest absolute Gasteiger partial charge is 0.481 e. The van der Waals surface area contributed by atoms with E-state index < -0.39 is 11.4 Å². The second kappa shape index (κ2) is 3.12. The minimum absolute atomic E-state index is 0.522. The number of carbonyl (C=O) groups is 1. The smallest absolute Gasteiger partial charge is 0.311 e. The van der Waals surface area contributed by atoms with Gasteiger partial charge in [0.25, 0.3) is 0 Å². The molecule has 0 amide bonds. The van der Waals surface area contributed by atoms with Gasteiger partial charge in [-0.3, -0.25) is 4.79 Å². The van der Waals surface area contributed by atoms with Crippen LogP contribution in [0.3, 0.4) is 0 Å². The number of aryl methyl sites for hydroxylation is 1. The molecule has 0 unspecified atom stereocenters. The molecule has 0 aromatic carbocycles. The molecule has 0 aliphatic heterocycles. The highest BCUT2D eigenvalue weighted by molar-refractivity contribution is 5.75. The van der Waals surface area contributed by atoms with Crippen molar-refractivity contribution in [3.63, 3.8) is 0 Å². The maximum Gasteiger partial charge on any atom is 0.311 e. The van der Waals surface area contributed by atoms with E-state index in [1.54, 1.807) is 6.20 Å². The molecule has 0 radical (unpaired) electrons. The van der Waals surface area contributed by atoms with E-state index >= 15 is 0 Å². The molecule has 1 fully saturated rings. The summed E-state index contributed by atoms with van der Waals surface area (Å²) in [7, 11) is 0. The van der Waals surface area contributed by atoms with Crippen LogP contribution in [0.4, 0.5) is 0 Å². The predicted molar refractivity (Wildman–Crippen MR) is 50.9 cm³/mol. The number of rotatable bonds is 3. The van der Waals surface area contributed by atoms with Gasteiger partial charge in [-0.2, -0.15) is 0 Å². The molecule has 4 heteroatoms. The van der Waals surface area contributed by atoms with Crippen molar-refractivity contribution in [1.82, 2.24) is 9.55 Å². The zero-order valence-electron chi connectivity index (χ0n) is 8.23. The van der Waals surface area contributed by atoms with Crippen molar-refractivity contribution in [3.05, 3.63) is 18.2 Å². The standard InChI is InChI=1S/C10H14N2O2/c1-8-11-5-6-12(8)7-10(9(13)14)3-2-4-10/h5-6H,2-4,7H2,1H3,(H,13,14). The van der Waals surface area contributed by atoms with E-state index in [4.69, 9.17) is 5.11 Å². The van der Waals surface area contributed by atoms with Crippen LogP contribution in [0, 0.1) is 12.3 Å². The van der Waals surface area contributed by atoms with Gasteiger partial charge in [-0.25, -0.2) is 4.98 Å². The van der Waals surface area contributed by atoms with Gasteiger partial charge in [0.05, 0.1) is 5.41 Å². The second-order valence-electron chi connectivity index (χ2n) is 4.04. The molecule has 1 aromatic heterocycles. The monoisotopic (exact) mass is 194 g/mol. The predicted octanol–water partition coefficient (Wildman–Crippen LogP) is 1.45. The van der Waals surface area contributed by atoms with E-state index in [9.17, 15) is 4.79 Å². The molecule has 2 rings (SSSR count). The Morgan fingerprint density at radius 3 is 2.79 bits per heavy atom. The summed E-state index contributed by atoms with van der Waals surface area (Å²) >= 11 is 0. The summed E-state index contributed by atoms with van der Waals surface area (Å²) in [4.78, 5) is 15.2. The van der Waals surface area contributed by atoms with Crippen molar-refractivity contribution < 1.29 is 9.90 Å². The number of aliphatic carboxylic acids is 1. The summed E-state index contributed by atoms with van der Waals surface area (Å²) < 4.78 is 1.92. The van der Waals surface area contributed by atoms with E-state index in [2.05, 4.69) is 4.98 Å². The molecular formula is C10H14N2O2. The zero-order chi connectivity index (χ0) is 10.2. The molecule has 1 aliphatic carbocycles. The number of imidazole rings is 1. The molecule has 0 bridgehead atoms. The molecule has 0 atom stereocenters. The summed E-state index contributed by atoms with van der Waals surface area (Å²) in [6.45, 7) is 2.46. The highest BCUT2D eigenvalue weighted by atomic mass is 16.4. The van der Waals surface area contributed by atoms with Crippen molar-refractivity contribution >= 4 is 5.97 Å². The van der Waals surface area contributed by atoms with Crippen LogP contribution in [0.2, 0.25) is 0 Å². The number of carboxylic acids is 1. The molecule has 1 heterocycles. The Morgan fingerprint density at radius 2 is 2.43 bits per heavy atom. The van der Waals surface area contributed by atoms with E-state index in [0.717, 1.165) is 25.1 Å². The Morgan fingerprint density at radius 1 is 1.71 bits per heavy atom. The van der Waals surface area contributed by atoms with Crippen LogP contribution in [-0.2, 0) is 11.3 Å². The van der Waals surface area contributed by atoms with Crippen LogP contribution >= 0.6 is 0 Å². The van der Waals surface area contributed by atoms with Gasteiger partial charge in [-0.1, -0.05) is 6.42 Å². The lowest BCUT2D eigenvalue weighted by molar-refractivity contribution is -0.155. The first-order valence-electron chi connectivity index (χ1n) is 4.85. The quantitative estimate of drug-likeness (QED) is 0.792. The highest BCUT2D eigenvalue weighted by Gasteiger charge is 2.44. The highest BCUT2D eigenvalue weighted by Crippen LogP contribution is 2.42.